The van der Waals surface area contributed by atoms with E-state index in [1.807, 2.05) is 0 Å². The van der Waals surface area contributed by atoms with Crippen LogP contribution in [-0.4, -0.2) is 16.9 Å². The average Bonchev–Trinajstić information content (AvgIpc) is 2.73. The van der Waals surface area contributed by atoms with Crippen LogP contribution < -0.4 is 5.32 Å². The van der Waals surface area contributed by atoms with Crippen LogP contribution in [0.4, 0.5) is 0 Å². The van der Waals surface area contributed by atoms with Crippen molar-refractivity contribution < 1.29 is 4.79 Å². The highest BCUT2D eigenvalue weighted by Crippen LogP contribution is 2.34. The van der Waals surface area contributed by atoms with E-state index in [0.717, 1.165) is 10.9 Å². The van der Waals surface area contributed by atoms with Gasteiger partial charge in [0.15, 0.2) is 0 Å². The SMILES string of the molecule is CCC1CCC(NC(=O)c2cc(Br)cnc2Cl)C1C. The molecule has 5 heteroatoms. The topological polar surface area (TPSA) is 42.0 Å². The fourth-order valence-corrected chi connectivity index (χ4v) is 3.38. The first-order valence-electron chi connectivity index (χ1n) is 6.64. The molecule has 3 unspecified atom stereocenters. The van der Waals surface area contributed by atoms with Gasteiger partial charge in [0.25, 0.3) is 5.91 Å². The molecule has 0 aromatic carbocycles. The highest BCUT2D eigenvalue weighted by molar-refractivity contribution is 9.10. The summed E-state index contributed by atoms with van der Waals surface area (Å²) in [4.78, 5) is 16.2. The standard InChI is InChI=1S/C14H18BrClN2O/c1-3-9-4-5-12(8(9)2)18-14(19)11-6-10(15)7-17-13(11)16/h6-9,12H,3-5H2,1-2H3,(H,18,19). The molecule has 3 atom stereocenters. The molecule has 104 valence electrons. The van der Waals surface area contributed by atoms with Crippen LogP contribution in [0.25, 0.3) is 0 Å². The molecular formula is C14H18BrClN2O. The van der Waals surface area contributed by atoms with Gasteiger partial charge in [0.05, 0.1) is 5.56 Å². The van der Waals surface area contributed by atoms with Crippen molar-refractivity contribution in [2.24, 2.45) is 11.8 Å². The maximum atomic E-state index is 12.3. The minimum atomic E-state index is -0.132. The first kappa shape index (κ1) is 14.8. The number of hydrogen-bond donors (Lipinski definition) is 1. The average molecular weight is 346 g/mol. The molecule has 1 heterocycles. The Bertz CT molecular complexity index is 481. The molecule has 1 fully saturated rings. The molecule has 1 amide bonds. The van der Waals surface area contributed by atoms with Crippen molar-refractivity contribution in [2.45, 2.75) is 39.2 Å². The van der Waals surface area contributed by atoms with Crippen LogP contribution in [0.5, 0.6) is 0 Å². The lowest BCUT2D eigenvalue weighted by atomic mass is 9.93. The van der Waals surface area contributed by atoms with E-state index < -0.39 is 0 Å². The fourth-order valence-electron chi connectivity index (χ4n) is 2.86. The number of amides is 1. The Morgan fingerprint density at radius 2 is 2.32 bits per heavy atom. The number of nitrogens with zero attached hydrogens (tertiary/aromatic N) is 1. The molecule has 0 bridgehead atoms. The minimum Gasteiger partial charge on any atom is -0.349 e. The van der Waals surface area contributed by atoms with Crippen molar-refractivity contribution in [1.29, 1.82) is 0 Å². The molecule has 0 radical (unpaired) electrons. The molecule has 0 aliphatic heterocycles. The number of carbonyl (C=O) groups excluding carboxylic acids is 1. The second kappa shape index (κ2) is 6.23. The predicted molar refractivity (Wildman–Crippen MR) is 80.4 cm³/mol. The van der Waals surface area contributed by atoms with Gasteiger partial charge in [0, 0.05) is 16.7 Å². The lowest BCUT2D eigenvalue weighted by molar-refractivity contribution is 0.0926. The maximum absolute atomic E-state index is 12.3. The van der Waals surface area contributed by atoms with Crippen LogP contribution in [0.1, 0.15) is 43.5 Å². The van der Waals surface area contributed by atoms with E-state index in [1.165, 1.54) is 12.8 Å². The monoisotopic (exact) mass is 344 g/mol. The molecule has 1 saturated carbocycles. The van der Waals surface area contributed by atoms with Crippen LogP contribution in [0, 0.1) is 11.8 Å². The molecular weight excluding hydrogens is 328 g/mol. The molecule has 1 aliphatic carbocycles. The zero-order valence-corrected chi connectivity index (χ0v) is 13.5. The smallest absolute Gasteiger partial charge is 0.254 e. The van der Waals surface area contributed by atoms with E-state index in [1.54, 1.807) is 12.3 Å². The summed E-state index contributed by atoms with van der Waals surface area (Å²) in [5.41, 5.74) is 0.434. The Labute approximate surface area is 127 Å². The van der Waals surface area contributed by atoms with Gasteiger partial charge >= 0.3 is 0 Å². The van der Waals surface area contributed by atoms with Crippen molar-refractivity contribution in [3.63, 3.8) is 0 Å². The van der Waals surface area contributed by atoms with E-state index in [2.05, 4.69) is 40.1 Å². The summed E-state index contributed by atoms with van der Waals surface area (Å²) in [6.45, 7) is 4.42. The number of rotatable bonds is 3. The van der Waals surface area contributed by atoms with Crippen molar-refractivity contribution in [1.82, 2.24) is 10.3 Å². The van der Waals surface area contributed by atoms with E-state index in [0.29, 0.717) is 17.4 Å². The predicted octanol–water partition coefficient (Wildman–Crippen LogP) is 4.05. The van der Waals surface area contributed by atoms with Gasteiger partial charge in [0.1, 0.15) is 5.15 Å². The molecule has 1 aromatic heterocycles. The zero-order valence-electron chi connectivity index (χ0n) is 11.1. The Morgan fingerprint density at radius 1 is 1.58 bits per heavy atom. The van der Waals surface area contributed by atoms with Crippen molar-refractivity contribution in [3.8, 4) is 0 Å². The van der Waals surface area contributed by atoms with Gasteiger partial charge in [-0.2, -0.15) is 0 Å². The summed E-state index contributed by atoms with van der Waals surface area (Å²) in [5.74, 6) is 1.10. The second-order valence-electron chi connectivity index (χ2n) is 5.18. The van der Waals surface area contributed by atoms with Gasteiger partial charge < -0.3 is 5.32 Å². The number of hydrogen-bond acceptors (Lipinski definition) is 2. The summed E-state index contributed by atoms with van der Waals surface area (Å²) in [5, 5.41) is 3.34. The molecule has 3 nitrogen and oxygen atoms in total. The third kappa shape index (κ3) is 3.29. The van der Waals surface area contributed by atoms with Crippen LogP contribution in [0.3, 0.4) is 0 Å². The molecule has 0 spiro atoms. The number of halogens is 2. The largest absolute Gasteiger partial charge is 0.349 e. The Morgan fingerprint density at radius 3 is 2.95 bits per heavy atom. The van der Waals surface area contributed by atoms with E-state index in [4.69, 9.17) is 11.6 Å². The summed E-state index contributed by atoms with van der Waals surface area (Å²) in [6, 6.07) is 1.95. The van der Waals surface area contributed by atoms with Crippen LogP contribution >= 0.6 is 27.5 Å². The van der Waals surface area contributed by atoms with Crippen LogP contribution in [0.2, 0.25) is 5.15 Å². The molecule has 2 rings (SSSR count). The van der Waals surface area contributed by atoms with E-state index in [9.17, 15) is 4.79 Å². The molecule has 1 aromatic rings. The van der Waals surface area contributed by atoms with Gasteiger partial charge in [0.2, 0.25) is 0 Å². The zero-order chi connectivity index (χ0) is 14.0. The number of nitrogens with one attached hydrogen (secondary N) is 1. The lowest BCUT2D eigenvalue weighted by Crippen LogP contribution is -2.37. The molecule has 0 saturated heterocycles. The molecule has 1 N–H and O–H groups in total. The number of pyridine rings is 1. The first-order chi connectivity index (χ1) is 9.02. The Kier molecular flexibility index (Phi) is 4.85. The number of aromatic nitrogens is 1. The quantitative estimate of drug-likeness (QED) is 0.840. The highest BCUT2D eigenvalue weighted by atomic mass is 79.9. The fraction of sp³-hybridized carbons (Fsp3) is 0.571. The third-order valence-electron chi connectivity index (χ3n) is 4.12. The van der Waals surface area contributed by atoms with Gasteiger partial charge in [-0.15, -0.1) is 0 Å². The maximum Gasteiger partial charge on any atom is 0.254 e. The summed E-state index contributed by atoms with van der Waals surface area (Å²) in [6.07, 6.45) is 4.99. The molecule has 19 heavy (non-hydrogen) atoms. The van der Waals surface area contributed by atoms with E-state index in [-0.39, 0.29) is 17.1 Å². The van der Waals surface area contributed by atoms with Gasteiger partial charge in [-0.05, 0) is 46.7 Å². The van der Waals surface area contributed by atoms with Gasteiger partial charge in [-0.3, -0.25) is 4.79 Å². The lowest BCUT2D eigenvalue weighted by Gasteiger charge is -2.21. The highest BCUT2D eigenvalue weighted by Gasteiger charge is 2.32. The van der Waals surface area contributed by atoms with Gasteiger partial charge in [-0.25, -0.2) is 4.98 Å². The number of carbonyl (C=O) groups is 1. The minimum absolute atomic E-state index is 0.132. The third-order valence-corrected chi connectivity index (χ3v) is 4.85. The summed E-state index contributed by atoms with van der Waals surface area (Å²) < 4.78 is 0.757. The van der Waals surface area contributed by atoms with Crippen LogP contribution in [-0.2, 0) is 0 Å². The Hall–Kier alpha value is -0.610. The van der Waals surface area contributed by atoms with Crippen molar-refractivity contribution in [2.75, 3.05) is 0 Å². The van der Waals surface area contributed by atoms with E-state index >= 15 is 0 Å². The normalized spacial score (nSPS) is 26.4. The Balaban J connectivity index is 2.07. The first-order valence-corrected chi connectivity index (χ1v) is 7.82. The van der Waals surface area contributed by atoms with Crippen LogP contribution in [0.15, 0.2) is 16.7 Å². The summed E-state index contributed by atoms with van der Waals surface area (Å²) in [7, 11) is 0. The van der Waals surface area contributed by atoms with Crippen molar-refractivity contribution >= 4 is 33.4 Å². The second-order valence-corrected chi connectivity index (χ2v) is 6.45. The van der Waals surface area contributed by atoms with Crippen molar-refractivity contribution in [3.05, 3.63) is 27.5 Å². The van der Waals surface area contributed by atoms with Gasteiger partial charge in [-0.1, -0.05) is 31.9 Å². The molecule has 1 aliphatic rings. The summed E-state index contributed by atoms with van der Waals surface area (Å²) >= 11 is 9.28.